The third-order valence-electron chi connectivity index (χ3n) is 3.43. The third kappa shape index (κ3) is 3.12. The monoisotopic (exact) mass is 288 g/mol. The van der Waals surface area contributed by atoms with Gasteiger partial charge in [0.25, 0.3) is 0 Å². The number of aryl methyl sites for hydroxylation is 2. The number of hydrazine groups is 1. The van der Waals surface area contributed by atoms with Crippen molar-refractivity contribution in [2.24, 2.45) is 5.84 Å². The van der Waals surface area contributed by atoms with Crippen LogP contribution in [0.5, 0.6) is 11.6 Å². The van der Waals surface area contributed by atoms with Crippen LogP contribution < -0.4 is 20.7 Å². The number of nitrogens with zero attached hydrogens (tertiary/aromatic N) is 2. The van der Waals surface area contributed by atoms with Crippen molar-refractivity contribution in [3.8, 4) is 11.6 Å². The van der Waals surface area contributed by atoms with Gasteiger partial charge in [0, 0.05) is 6.07 Å². The number of nitrogens with one attached hydrogen (secondary N) is 1. The van der Waals surface area contributed by atoms with Crippen molar-refractivity contribution < 1.29 is 9.47 Å². The Morgan fingerprint density at radius 1 is 1.05 bits per heavy atom. The number of rotatable bonds is 5. The molecule has 2 rings (SSSR count). The summed E-state index contributed by atoms with van der Waals surface area (Å²) >= 11 is 0. The van der Waals surface area contributed by atoms with Gasteiger partial charge >= 0.3 is 0 Å². The van der Waals surface area contributed by atoms with Crippen LogP contribution in [0.3, 0.4) is 0 Å². The smallest absolute Gasteiger partial charge is 0.233 e. The molecule has 1 aromatic carbocycles. The lowest BCUT2D eigenvalue weighted by atomic mass is 9.96. The van der Waals surface area contributed by atoms with Crippen molar-refractivity contribution in [1.29, 1.82) is 0 Å². The number of aromatic nitrogens is 2. The van der Waals surface area contributed by atoms with Crippen LogP contribution >= 0.6 is 0 Å². The van der Waals surface area contributed by atoms with Gasteiger partial charge in [-0.05, 0) is 42.7 Å². The zero-order valence-corrected chi connectivity index (χ0v) is 12.7. The highest BCUT2D eigenvalue weighted by molar-refractivity contribution is 5.44. The molecule has 0 radical (unpaired) electrons. The molecule has 1 aromatic heterocycles. The van der Waals surface area contributed by atoms with Crippen LogP contribution in [0.15, 0.2) is 24.3 Å². The summed E-state index contributed by atoms with van der Waals surface area (Å²) < 4.78 is 10.4. The van der Waals surface area contributed by atoms with E-state index in [1.54, 1.807) is 20.3 Å². The van der Waals surface area contributed by atoms with Gasteiger partial charge in [-0.15, -0.1) is 10.2 Å². The number of nitrogens with two attached hydrogens (primary N) is 1. The SMILES string of the molecule is COc1ccc(C(NN)c2cc(C)c(OC)cc2C)nn1. The molecule has 0 aliphatic carbocycles. The molecule has 0 bridgehead atoms. The van der Waals surface area contributed by atoms with Gasteiger partial charge < -0.3 is 9.47 Å². The standard InChI is InChI=1S/C15H20N4O2/c1-9-8-13(20-3)10(2)7-11(9)15(17-16)12-5-6-14(21-4)19-18-12/h5-8,15,17H,16H2,1-4H3. The number of ether oxygens (including phenoxy) is 2. The molecule has 0 amide bonds. The molecular formula is C15H20N4O2. The van der Waals surface area contributed by atoms with E-state index < -0.39 is 0 Å². The molecule has 1 atom stereocenters. The average Bonchev–Trinajstić information content (AvgIpc) is 2.51. The second-order valence-corrected chi connectivity index (χ2v) is 4.78. The van der Waals surface area contributed by atoms with E-state index in [2.05, 4.69) is 15.6 Å². The maximum absolute atomic E-state index is 5.72. The van der Waals surface area contributed by atoms with E-state index in [1.165, 1.54) is 0 Å². The van der Waals surface area contributed by atoms with Gasteiger partial charge in [-0.1, -0.05) is 6.07 Å². The van der Waals surface area contributed by atoms with Crippen molar-refractivity contribution in [2.45, 2.75) is 19.9 Å². The second-order valence-electron chi connectivity index (χ2n) is 4.78. The summed E-state index contributed by atoms with van der Waals surface area (Å²) in [5, 5.41) is 8.15. The Bertz CT molecular complexity index is 614. The van der Waals surface area contributed by atoms with Crippen molar-refractivity contribution in [1.82, 2.24) is 15.6 Å². The Morgan fingerprint density at radius 3 is 2.33 bits per heavy atom. The highest BCUT2D eigenvalue weighted by Crippen LogP contribution is 2.29. The molecule has 0 fully saturated rings. The first-order valence-electron chi connectivity index (χ1n) is 6.59. The fraction of sp³-hybridized carbons (Fsp3) is 0.333. The maximum Gasteiger partial charge on any atom is 0.233 e. The van der Waals surface area contributed by atoms with Crippen LogP contribution in [0.4, 0.5) is 0 Å². The summed E-state index contributed by atoms with van der Waals surface area (Å²) in [5.41, 5.74) is 6.67. The lowest BCUT2D eigenvalue weighted by Gasteiger charge is -2.19. The molecule has 112 valence electrons. The summed E-state index contributed by atoms with van der Waals surface area (Å²) in [7, 11) is 3.22. The van der Waals surface area contributed by atoms with Crippen LogP contribution in [0.25, 0.3) is 0 Å². The Labute approximate surface area is 124 Å². The van der Waals surface area contributed by atoms with Gasteiger partial charge in [-0.3, -0.25) is 5.84 Å². The predicted molar refractivity (Wildman–Crippen MR) is 80.2 cm³/mol. The molecule has 0 aliphatic rings. The lowest BCUT2D eigenvalue weighted by Crippen LogP contribution is -2.30. The van der Waals surface area contributed by atoms with E-state index in [9.17, 15) is 0 Å². The number of hydrogen-bond donors (Lipinski definition) is 2. The van der Waals surface area contributed by atoms with Crippen molar-refractivity contribution in [3.63, 3.8) is 0 Å². The van der Waals surface area contributed by atoms with E-state index in [-0.39, 0.29) is 6.04 Å². The maximum atomic E-state index is 5.72. The molecule has 6 heteroatoms. The number of benzene rings is 1. The summed E-state index contributed by atoms with van der Waals surface area (Å²) in [6.07, 6.45) is 0. The first kappa shape index (κ1) is 15.2. The normalized spacial score (nSPS) is 12.0. The molecule has 1 heterocycles. The van der Waals surface area contributed by atoms with Crippen LogP contribution in [0, 0.1) is 13.8 Å². The van der Waals surface area contributed by atoms with E-state index in [0.717, 1.165) is 28.1 Å². The minimum Gasteiger partial charge on any atom is -0.496 e. The first-order chi connectivity index (χ1) is 10.1. The quantitative estimate of drug-likeness (QED) is 0.643. The van der Waals surface area contributed by atoms with Gasteiger partial charge in [0.1, 0.15) is 5.75 Å². The highest BCUT2D eigenvalue weighted by atomic mass is 16.5. The Kier molecular flexibility index (Phi) is 4.72. The summed E-state index contributed by atoms with van der Waals surface area (Å²) in [4.78, 5) is 0. The molecule has 0 aliphatic heterocycles. The Hall–Kier alpha value is -2.18. The minimum atomic E-state index is -0.243. The van der Waals surface area contributed by atoms with Gasteiger partial charge in [-0.25, -0.2) is 5.43 Å². The molecule has 1 unspecified atom stereocenters. The zero-order chi connectivity index (χ0) is 15.4. The fourth-order valence-electron chi connectivity index (χ4n) is 2.27. The van der Waals surface area contributed by atoms with Crippen LogP contribution in [-0.2, 0) is 0 Å². The van der Waals surface area contributed by atoms with Gasteiger partial charge in [0.15, 0.2) is 0 Å². The van der Waals surface area contributed by atoms with Crippen LogP contribution in [0.1, 0.15) is 28.4 Å². The van der Waals surface area contributed by atoms with Crippen LogP contribution in [-0.4, -0.2) is 24.4 Å². The van der Waals surface area contributed by atoms with E-state index in [0.29, 0.717) is 5.88 Å². The van der Waals surface area contributed by atoms with Gasteiger partial charge in [0.2, 0.25) is 5.88 Å². The van der Waals surface area contributed by atoms with Gasteiger partial charge in [0.05, 0.1) is 26.0 Å². The van der Waals surface area contributed by atoms with E-state index in [1.807, 2.05) is 32.0 Å². The topological polar surface area (TPSA) is 82.3 Å². The van der Waals surface area contributed by atoms with E-state index in [4.69, 9.17) is 15.3 Å². The molecule has 3 N–H and O–H groups in total. The van der Waals surface area contributed by atoms with Crippen molar-refractivity contribution in [2.75, 3.05) is 14.2 Å². The average molecular weight is 288 g/mol. The zero-order valence-electron chi connectivity index (χ0n) is 12.7. The molecule has 0 spiro atoms. The summed E-state index contributed by atoms with van der Waals surface area (Å²) in [6.45, 7) is 4.01. The van der Waals surface area contributed by atoms with Crippen molar-refractivity contribution >= 4 is 0 Å². The molecule has 0 saturated heterocycles. The lowest BCUT2D eigenvalue weighted by molar-refractivity contribution is 0.390. The molecule has 2 aromatic rings. The fourth-order valence-corrected chi connectivity index (χ4v) is 2.27. The highest BCUT2D eigenvalue weighted by Gasteiger charge is 2.18. The van der Waals surface area contributed by atoms with E-state index >= 15 is 0 Å². The van der Waals surface area contributed by atoms with Crippen molar-refractivity contribution in [3.05, 3.63) is 46.6 Å². The Balaban J connectivity index is 2.43. The second kappa shape index (κ2) is 6.51. The molecule has 0 saturated carbocycles. The minimum absolute atomic E-state index is 0.243. The Morgan fingerprint density at radius 2 is 1.81 bits per heavy atom. The van der Waals surface area contributed by atoms with Crippen LogP contribution in [0.2, 0.25) is 0 Å². The summed E-state index contributed by atoms with van der Waals surface area (Å²) in [6, 6.07) is 7.40. The molecular weight excluding hydrogens is 268 g/mol. The molecule has 6 nitrogen and oxygen atoms in total. The third-order valence-corrected chi connectivity index (χ3v) is 3.43. The molecule has 21 heavy (non-hydrogen) atoms. The first-order valence-corrected chi connectivity index (χ1v) is 6.59. The number of hydrogen-bond acceptors (Lipinski definition) is 6. The predicted octanol–water partition coefficient (Wildman–Crippen LogP) is 1.66. The van der Waals surface area contributed by atoms with Gasteiger partial charge in [-0.2, -0.15) is 0 Å². The summed E-state index contributed by atoms with van der Waals surface area (Å²) in [5.74, 6) is 7.04. The largest absolute Gasteiger partial charge is 0.496 e. The number of methoxy groups -OCH3 is 2.